The predicted molar refractivity (Wildman–Crippen MR) is 90.0 cm³/mol. The zero-order valence-corrected chi connectivity index (χ0v) is 13.3. The second-order valence-corrected chi connectivity index (χ2v) is 4.56. The fourth-order valence-electron chi connectivity index (χ4n) is 1.43. The summed E-state index contributed by atoms with van der Waals surface area (Å²) in [6.07, 6.45) is 1.40. The number of aliphatic imine (C=N–C) groups is 1. The quantitative estimate of drug-likeness (QED) is 0.509. The Hall–Kier alpha value is -1.60. The van der Waals surface area contributed by atoms with E-state index in [9.17, 15) is 0 Å². The molecule has 0 spiro atoms. The minimum absolute atomic E-state index is 0.235. The zero-order valence-electron chi connectivity index (χ0n) is 11.0. The Morgan fingerprint density at radius 3 is 2.57 bits per heavy atom. The Morgan fingerprint density at radius 1 is 1.24 bits per heavy atom. The van der Waals surface area contributed by atoms with Gasteiger partial charge in [0.05, 0.1) is 21.2 Å². The van der Waals surface area contributed by atoms with Crippen LogP contribution < -0.4 is 5.73 Å². The van der Waals surface area contributed by atoms with E-state index in [0.717, 1.165) is 12.7 Å². The van der Waals surface area contributed by atoms with Crippen LogP contribution in [0.5, 0.6) is 0 Å². The molecule has 0 saturated carbocycles. The SMILES string of the molecule is CO.NC(=NC=S)c1cc(-c2ccc(Cl)c(Cl)c2)ncn1. The highest BCUT2D eigenvalue weighted by atomic mass is 35.5. The van der Waals surface area contributed by atoms with Crippen LogP contribution in [0.1, 0.15) is 5.69 Å². The lowest BCUT2D eigenvalue weighted by Gasteiger charge is -2.04. The number of rotatable bonds is 3. The number of benzene rings is 1. The van der Waals surface area contributed by atoms with Gasteiger partial charge in [0, 0.05) is 12.7 Å². The molecule has 2 rings (SSSR count). The largest absolute Gasteiger partial charge is 0.400 e. The van der Waals surface area contributed by atoms with Crippen LogP contribution in [0.2, 0.25) is 10.0 Å². The van der Waals surface area contributed by atoms with Gasteiger partial charge in [0.1, 0.15) is 17.9 Å². The fraction of sp³-hybridized carbons (Fsp3) is 0.0769. The number of aliphatic hydroxyl groups is 1. The van der Waals surface area contributed by atoms with Crippen molar-refractivity contribution in [3.63, 3.8) is 0 Å². The number of aromatic nitrogens is 2. The first-order chi connectivity index (χ1) is 10.1. The summed E-state index contributed by atoms with van der Waals surface area (Å²) in [5.74, 6) is 0.235. The minimum Gasteiger partial charge on any atom is -0.400 e. The van der Waals surface area contributed by atoms with Gasteiger partial charge in [-0.05, 0) is 18.2 Å². The third-order valence-corrected chi connectivity index (χ3v) is 3.18. The van der Waals surface area contributed by atoms with Gasteiger partial charge in [0.2, 0.25) is 0 Å². The van der Waals surface area contributed by atoms with Gasteiger partial charge in [-0.25, -0.2) is 15.0 Å². The van der Waals surface area contributed by atoms with Gasteiger partial charge in [0.25, 0.3) is 0 Å². The van der Waals surface area contributed by atoms with Crippen molar-refractivity contribution in [1.29, 1.82) is 0 Å². The number of thiocarbonyl (C=S) groups is 1. The van der Waals surface area contributed by atoms with E-state index in [1.165, 1.54) is 11.8 Å². The van der Waals surface area contributed by atoms with E-state index in [1.807, 2.05) is 6.07 Å². The van der Waals surface area contributed by atoms with E-state index < -0.39 is 0 Å². The van der Waals surface area contributed by atoms with Crippen LogP contribution in [-0.2, 0) is 0 Å². The van der Waals surface area contributed by atoms with Crippen molar-refractivity contribution >= 4 is 46.7 Å². The van der Waals surface area contributed by atoms with Crippen molar-refractivity contribution in [1.82, 2.24) is 9.97 Å². The summed E-state index contributed by atoms with van der Waals surface area (Å²) in [6, 6.07) is 6.95. The molecule has 0 aliphatic heterocycles. The zero-order chi connectivity index (χ0) is 15.8. The molecule has 1 heterocycles. The van der Waals surface area contributed by atoms with E-state index in [1.54, 1.807) is 18.2 Å². The number of nitrogens with zero attached hydrogens (tertiary/aromatic N) is 3. The lowest BCUT2D eigenvalue weighted by atomic mass is 10.1. The average molecular weight is 343 g/mol. The van der Waals surface area contributed by atoms with Gasteiger partial charge in [-0.2, -0.15) is 0 Å². The van der Waals surface area contributed by atoms with Gasteiger partial charge < -0.3 is 10.8 Å². The maximum atomic E-state index is 7.00. The molecule has 8 heteroatoms. The molecule has 0 saturated heterocycles. The Balaban J connectivity index is 0.00000106. The fourth-order valence-corrected chi connectivity index (χ4v) is 1.85. The topological polar surface area (TPSA) is 84.4 Å². The molecule has 110 valence electrons. The molecule has 5 nitrogen and oxygen atoms in total. The highest BCUT2D eigenvalue weighted by Crippen LogP contribution is 2.27. The molecule has 1 aromatic heterocycles. The van der Waals surface area contributed by atoms with Gasteiger partial charge in [-0.15, -0.1) is 0 Å². The lowest BCUT2D eigenvalue weighted by Crippen LogP contribution is -2.15. The predicted octanol–water partition coefficient (Wildman–Crippen LogP) is 2.72. The number of amidine groups is 1. The first kappa shape index (κ1) is 17.5. The summed E-state index contributed by atoms with van der Waals surface area (Å²) in [4.78, 5) is 12.0. The maximum Gasteiger partial charge on any atom is 0.150 e. The van der Waals surface area contributed by atoms with Gasteiger partial charge in [-0.3, -0.25) is 0 Å². The van der Waals surface area contributed by atoms with Crippen molar-refractivity contribution in [2.75, 3.05) is 7.11 Å². The molecule has 0 atom stereocenters. The van der Waals surface area contributed by atoms with Crippen molar-refractivity contribution in [3.8, 4) is 11.3 Å². The maximum absolute atomic E-state index is 7.00. The first-order valence-electron chi connectivity index (χ1n) is 5.61. The van der Waals surface area contributed by atoms with Crippen molar-refractivity contribution in [3.05, 3.63) is 46.3 Å². The molecular weight excluding hydrogens is 331 g/mol. The number of aliphatic hydroxyl groups excluding tert-OH is 1. The van der Waals surface area contributed by atoms with Crippen molar-refractivity contribution in [2.24, 2.45) is 10.7 Å². The van der Waals surface area contributed by atoms with Crippen LogP contribution >= 0.6 is 35.4 Å². The van der Waals surface area contributed by atoms with Crippen molar-refractivity contribution in [2.45, 2.75) is 0 Å². The average Bonchev–Trinajstić information content (AvgIpc) is 2.52. The monoisotopic (exact) mass is 342 g/mol. The summed E-state index contributed by atoms with van der Waals surface area (Å²) in [6.45, 7) is 0. The minimum atomic E-state index is 0.235. The van der Waals surface area contributed by atoms with E-state index in [-0.39, 0.29) is 5.84 Å². The summed E-state index contributed by atoms with van der Waals surface area (Å²) in [5.41, 5.74) is 8.89. The molecule has 0 aliphatic rings. The van der Waals surface area contributed by atoms with Crippen LogP contribution in [0.3, 0.4) is 0 Å². The smallest absolute Gasteiger partial charge is 0.150 e. The number of hydrogen-bond donors (Lipinski definition) is 2. The van der Waals surface area contributed by atoms with E-state index in [4.69, 9.17) is 34.0 Å². The number of halogens is 2. The van der Waals surface area contributed by atoms with Crippen molar-refractivity contribution < 1.29 is 5.11 Å². The van der Waals surface area contributed by atoms with Crippen LogP contribution in [0.15, 0.2) is 35.6 Å². The molecule has 0 aliphatic carbocycles. The summed E-state index contributed by atoms with van der Waals surface area (Å²) >= 11 is 16.5. The molecule has 3 N–H and O–H groups in total. The Bertz CT molecular complexity index is 664. The van der Waals surface area contributed by atoms with Crippen LogP contribution in [0.4, 0.5) is 0 Å². The molecule has 2 aromatic rings. The third-order valence-electron chi connectivity index (χ3n) is 2.34. The second kappa shape index (κ2) is 8.63. The van der Waals surface area contributed by atoms with E-state index in [0.29, 0.717) is 21.4 Å². The van der Waals surface area contributed by atoms with Gasteiger partial charge in [0.15, 0.2) is 0 Å². The third kappa shape index (κ3) is 4.71. The number of nitrogens with two attached hydrogens (primary N) is 1. The first-order valence-corrected chi connectivity index (χ1v) is 6.84. The van der Waals surface area contributed by atoms with Crippen LogP contribution in [0, 0.1) is 0 Å². The summed E-state index contributed by atoms with van der Waals surface area (Å²) in [7, 11) is 1.00. The molecule has 0 fully saturated rings. The molecule has 0 amide bonds. The summed E-state index contributed by atoms with van der Waals surface area (Å²) in [5, 5.41) is 7.95. The highest BCUT2D eigenvalue weighted by Gasteiger charge is 2.06. The second-order valence-electron chi connectivity index (χ2n) is 3.54. The van der Waals surface area contributed by atoms with Crippen LogP contribution in [0.25, 0.3) is 11.3 Å². The molecular formula is C13H12Cl2N4OS. The Morgan fingerprint density at radius 2 is 1.95 bits per heavy atom. The Labute approximate surface area is 137 Å². The van der Waals surface area contributed by atoms with Gasteiger partial charge >= 0.3 is 0 Å². The normalized spacial score (nSPS) is 10.6. The van der Waals surface area contributed by atoms with E-state index >= 15 is 0 Å². The Kier molecular flexibility index (Phi) is 7.18. The molecule has 1 aromatic carbocycles. The standard InChI is InChI=1S/C12H8Cl2N4S.CH4O/c13-8-2-1-7(3-9(8)14)10-4-11(17-5-16-10)12(15)18-6-19;1-2/h1-6H,(H2,15,18,19);2H,1H3. The molecule has 0 bridgehead atoms. The molecule has 0 unspecified atom stereocenters. The van der Waals surface area contributed by atoms with E-state index in [2.05, 4.69) is 27.2 Å². The van der Waals surface area contributed by atoms with Crippen LogP contribution in [-0.4, -0.2) is 33.5 Å². The number of hydrogen-bond acceptors (Lipinski definition) is 4. The highest BCUT2D eigenvalue weighted by molar-refractivity contribution is 7.78. The molecule has 0 radical (unpaired) electrons. The molecule has 21 heavy (non-hydrogen) atoms. The lowest BCUT2D eigenvalue weighted by molar-refractivity contribution is 0.399. The summed E-state index contributed by atoms with van der Waals surface area (Å²) < 4.78 is 0. The van der Waals surface area contributed by atoms with Gasteiger partial charge in [-0.1, -0.05) is 41.5 Å².